The van der Waals surface area contributed by atoms with Crippen LogP contribution in [0.3, 0.4) is 0 Å². The van der Waals surface area contributed by atoms with E-state index in [1.165, 1.54) is 17.8 Å². The van der Waals surface area contributed by atoms with Crippen LogP contribution < -0.4 is 0 Å². The average Bonchev–Trinajstić information content (AvgIpc) is 2.70. The highest BCUT2D eigenvalue weighted by Crippen LogP contribution is 2.41. The van der Waals surface area contributed by atoms with E-state index >= 15 is 0 Å². The lowest BCUT2D eigenvalue weighted by molar-refractivity contribution is 1.05. The summed E-state index contributed by atoms with van der Waals surface area (Å²) >= 11 is 7.36. The molecule has 1 fully saturated rings. The molecule has 2 rings (SSSR count). The van der Waals surface area contributed by atoms with Crippen molar-refractivity contribution in [3.63, 3.8) is 0 Å². The Balaban J connectivity index is 0.000000605. The molecule has 0 bridgehead atoms. The van der Waals surface area contributed by atoms with Crippen molar-refractivity contribution in [2.45, 2.75) is 24.6 Å². The molecule has 1 aliphatic rings. The predicted molar refractivity (Wildman–Crippen MR) is 50.9 cm³/mol. The zero-order valence-electron chi connectivity index (χ0n) is 5.92. The highest BCUT2D eigenvalue weighted by atomic mass is 35.5. The fourth-order valence-electron chi connectivity index (χ4n) is 0.902. The van der Waals surface area contributed by atoms with Gasteiger partial charge in [-0.1, -0.05) is 0 Å². The van der Waals surface area contributed by atoms with Gasteiger partial charge in [-0.2, -0.15) is 0 Å². The summed E-state index contributed by atoms with van der Waals surface area (Å²) in [6.07, 6.45) is 2.66. The number of alkyl halides is 1. The van der Waals surface area contributed by atoms with Gasteiger partial charge in [-0.15, -0.1) is 35.3 Å². The van der Waals surface area contributed by atoms with E-state index in [1.807, 2.05) is 0 Å². The molecule has 0 aliphatic heterocycles. The number of hydrogen-bond donors (Lipinski definition) is 0. The lowest BCUT2D eigenvalue weighted by Gasteiger charge is -1.84. The largest absolute Gasteiger partial charge is 0.245 e. The molecule has 0 atom stereocenters. The lowest BCUT2D eigenvalue weighted by atomic mass is 10.4. The van der Waals surface area contributed by atoms with Gasteiger partial charge in [0.1, 0.15) is 0 Å². The molecule has 11 heavy (non-hydrogen) atoms. The molecular weight excluding hydrogens is 201 g/mol. The summed E-state index contributed by atoms with van der Waals surface area (Å²) in [4.78, 5) is 4.38. The molecule has 0 unspecified atom stereocenters. The van der Waals surface area contributed by atoms with Gasteiger partial charge < -0.3 is 0 Å². The standard InChI is InChI=1S/C7H8ClNS.ClH/c8-3-6-4-10-7(9-6)5-1-2-5;/h4-5H,1-3H2;1H. The molecule has 1 heterocycles. The Kier molecular flexibility index (Phi) is 3.16. The van der Waals surface area contributed by atoms with Crippen molar-refractivity contribution < 1.29 is 0 Å². The van der Waals surface area contributed by atoms with Crippen molar-refractivity contribution in [1.82, 2.24) is 4.98 Å². The molecule has 1 aromatic heterocycles. The van der Waals surface area contributed by atoms with Gasteiger partial charge >= 0.3 is 0 Å². The van der Waals surface area contributed by atoms with E-state index in [4.69, 9.17) is 11.6 Å². The Morgan fingerprint density at radius 2 is 2.36 bits per heavy atom. The number of aromatic nitrogens is 1. The highest BCUT2D eigenvalue weighted by molar-refractivity contribution is 7.09. The summed E-state index contributed by atoms with van der Waals surface area (Å²) in [5, 5.41) is 3.34. The van der Waals surface area contributed by atoms with E-state index in [9.17, 15) is 0 Å². The minimum Gasteiger partial charge on any atom is -0.245 e. The van der Waals surface area contributed by atoms with E-state index in [0.29, 0.717) is 5.88 Å². The molecule has 1 nitrogen and oxygen atoms in total. The maximum Gasteiger partial charge on any atom is 0.0959 e. The van der Waals surface area contributed by atoms with Crippen LogP contribution in [0.1, 0.15) is 29.5 Å². The Morgan fingerprint density at radius 3 is 2.82 bits per heavy atom. The molecule has 0 N–H and O–H groups in total. The van der Waals surface area contributed by atoms with Crippen LogP contribution in [0.5, 0.6) is 0 Å². The molecule has 1 aromatic rings. The Hall–Kier alpha value is 0.210. The van der Waals surface area contributed by atoms with Gasteiger partial charge in [-0.25, -0.2) is 4.98 Å². The van der Waals surface area contributed by atoms with Crippen LogP contribution in [-0.4, -0.2) is 4.98 Å². The second-order valence-corrected chi connectivity index (χ2v) is 3.74. The molecule has 0 radical (unpaired) electrons. The third-order valence-corrected chi connectivity index (χ3v) is 2.96. The van der Waals surface area contributed by atoms with Crippen molar-refractivity contribution in [2.24, 2.45) is 0 Å². The summed E-state index contributed by atoms with van der Waals surface area (Å²) in [7, 11) is 0. The number of thiazole rings is 1. The predicted octanol–water partition coefficient (Wildman–Crippen LogP) is 3.18. The molecule has 4 heteroatoms. The van der Waals surface area contributed by atoms with Gasteiger partial charge in [0.15, 0.2) is 0 Å². The average molecular weight is 210 g/mol. The number of hydrogen-bond acceptors (Lipinski definition) is 2. The van der Waals surface area contributed by atoms with E-state index in [2.05, 4.69) is 10.4 Å². The first-order chi connectivity index (χ1) is 4.90. The fraction of sp³-hybridized carbons (Fsp3) is 0.571. The molecule has 62 valence electrons. The Labute approximate surface area is 81.2 Å². The number of rotatable bonds is 2. The van der Waals surface area contributed by atoms with Crippen molar-refractivity contribution in [3.05, 3.63) is 16.1 Å². The minimum absolute atomic E-state index is 0. The summed E-state index contributed by atoms with van der Waals surface area (Å²) in [6.45, 7) is 0. The maximum atomic E-state index is 5.61. The lowest BCUT2D eigenvalue weighted by Crippen LogP contribution is -1.79. The van der Waals surface area contributed by atoms with Crippen LogP contribution >= 0.6 is 35.3 Å². The molecule has 0 aromatic carbocycles. The van der Waals surface area contributed by atoms with Gasteiger partial charge in [-0.3, -0.25) is 0 Å². The molecule has 1 saturated carbocycles. The second kappa shape index (κ2) is 3.74. The first-order valence-electron chi connectivity index (χ1n) is 3.40. The molecule has 0 spiro atoms. The zero-order valence-corrected chi connectivity index (χ0v) is 8.31. The highest BCUT2D eigenvalue weighted by Gasteiger charge is 2.26. The fourth-order valence-corrected chi connectivity index (χ4v) is 2.12. The van der Waals surface area contributed by atoms with Crippen LogP contribution in [0.25, 0.3) is 0 Å². The van der Waals surface area contributed by atoms with Crippen LogP contribution in [0.2, 0.25) is 0 Å². The normalized spacial score (nSPS) is 16.1. The molecule has 0 amide bonds. The summed E-state index contributed by atoms with van der Waals surface area (Å²) in [5.41, 5.74) is 1.04. The van der Waals surface area contributed by atoms with Crippen LogP contribution in [0.15, 0.2) is 5.38 Å². The van der Waals surface area contributed by atoms with Gasteiger partial charge in [0.05, 0.1) is 16.6 Å². The van der Waals surface area contributed by atoms with Crippen LogP contribution in [-0.2, 0) is 5.88 Å². The van der Waals surface area contributed by atoms with Crippen LogP contribution in [0.4, 0.5) is 0 Å². The van der Waals surface area contributed by atoms with Gasteiger partial charge in [-0.05, 0) is 12.8 Å². The Bertz CT molecular complexity index is 232. The number of halogens is 2. The summed E-state index contributed by atoms with van der Waals surface area (Å²) in [5.74, 6) is 1.34. The molecule has 1 aliphatic carbocycles. The summed E-state index contributed by atoms with van der Waals surface area (Å²) in [6, 6.07) is 0. The molecule has 0 saturated heterocycles. The van der Waals surface area contributed by atoms with Crippen LogP contribution in [0, 0.1) is 0 Å². The smallest absolute Gasteiger partial charge is 0.0959 e. The first kappa shape index (κ1) is 9.30. The third kappa shape index (κ3) is 2.08. The summed E-state index contributed by atoms with van der Waals surface area (Å²) < 4.78 is 0. The van der Waals surface area contributed by atoms with Gasteiger partial charge in [0, 0.05) is 11.3 Å². The second-order valence-electron chi connectivity index (χ2n) is 2.58. The maximum absolute atomic E-state index is 5.61. The van der Waals surface area contributed by atoms with Crippen molar-refractivity contribution in [2.75, 3.05) is 0 Å². The van der Waals surface area contributed by atoms with Gasteiger partial charge in [0.2, 0.25) is 0 Å². The van der Waals surface area contributed by atoms with Gasteiger partial charge in [0.25, 0.3) is 0 Å². The minimum atomic E-state index is 0. The van der Waals surface area contributed by atoms with E-state index < -0.39 is 0 Å². The van der Waals surface area contributed by atoms with E-state index in [1.54, 1.807) is 11.3 Å². The van der Waals surface area contributed by atoms with Crippen molar-refractivity contribution in [3.8, 4) is 0 Å². The Morgan fingerprint density at radius 1 is 1.64 bits per heavy atom. The van der Waals surface area contributed by atoms with Crippen molar-refractivity contribution >= 4 is 35.3 Å². The topological polar surface area (TPSA) is 12.9 Å². The zero-order chi connectivity index (χ0) is 6.97. The number of nitrogens with zero attached hydrogens (tertiary/aromatic N) is 1. The monoisotopic (exact) mass is 209 g/mol. The van der Waals surface area contributed by atoms with E-state index in [0.717, 1.165) is 11.6 Å². The molecular formula is C7H9Cl2NS. The third-order valence-electron chi connectivity index (χ3n) is 1.63. The van der Waals surface area contributed by atoms with Crippen molar-refractivity contribution in [1.29, 1.82) is 0 Å². The van der Waals surface area contributed by atoms with E-state index in [-0.39, 0.29) is 12.4 Å². The SMILES string of the molecule is Cl.ClCc1csc(C2CC2)n1. The quantitative estimate of drug-likeness (QED) is 0.683. The first-order valence-corrected chi connectivity index (χ1v) is 4.82.